The lowest BCUT2D eigenvalue weighted by Gasteiger charge is -2.55. The molecule has 1 heteroatoms. The highest BCUT2D eigenvalue weighted by Crippen LogP contribution is 2.62. The third-order valence-electron chi connectivity index (χ3n) is 7.90. The van der Waals surface area contributed by atoms with E-state index in [4.69, 9.17) is 0 Å². The second kappa shape index (κ2) is 4.60. The first kappa shape index (κ1) is 13.4. The summed E-state index contributed by atoms with van der Waals surface area (Å²) in [7, 11) is 0. The highest BCUT2D eigenvalue weighted by molar-refractivity contribution is 5.23. The van der Waals surface area contributed by atoms with Gasteiger partial charge in [-0.15, -0.1) is 0 Å². The number of rotatable bonds is 0. The molecule has 0 aliphatic heterocycles. The Morgan fingerprint density at radius 1 is 1.05 bits per heavy atom. The predicted octanol–water partition coefficient (Wildman–Crippen LogP) is 4.56. The average Bonchev–Trinajstić information content (AvgIpc) is 2.74. The van der Waals surface area contributed by atoms with Crippen LogP contribution >= 0.6 is 0 Å². The molecule has 0 bridgehead atoms. The van der Waals surface area contributed by atoms with E-state index in [1.807, 2.05) is 0 Å². The van der Waals surface area contributed by atoms with Gasteiger partial charge in [0.05, 0.1) is 6.10 Å². The molecule has 4 aliphatic carbocycles. The van der Waals surface area contributed by atoms with Gasteiger partial charge < -0.3 is 5.11 Å². The minimum atomic E-state index is 0.0112. The SMILES string of the molecule is CC1=CCC2C3CCC4CC(O)CCC4C3CCC12C. The molecular formula is C19H30O. The van der Waals surface area contributed by atoms with Gasteiger partial charge in [-0.3, -0.25) is 0 Å². The van der Waals surface area contributed by atoms with Crippen molar-refractivity contribution in [2.45, 2.75) is 71.3 Å². The molecule has 0 heterocycles. The standard InChI is InChI=1S/C19H30O/c1-12-3-8-18-17-6-4-13-11-14(20)5-7-15(13)16(17)9-10-19(12,18)2/h3,13-18,20H,4-11H2,1-2H3. The molecule has 1 nitrogen and oxygen atoms in total. The van der Waals surface area contributed by atoms with Gasteiger partial charge in [0.1, 0.15) is 0 Å². The van der Waals surface area contributed by atoms with Crippen molar-refractivity contribution in [1.82, 2.24) is 0 Å². The van der Waals surface area contributed by atoms with Crippen LogP contribution in [-0.4, -0.2) is 11.2 Å². The van der Waals surface area contributed by atoms with Crippen LogP contribution in [0.4, 0.5) is 0 Å². The summed E-state index contributed by atoms with van der Waals surface area (Å²) in [6, 6.07) is 0. The van der Waals surface area contributed by atoms with E-state index in [9.17, 15) is 5.11 Å². The lowest BCUT2D eigenvalue weighted by atomic mass is 9.50. The second-order valence-corrected chi connectivity index (χ2v) is 8.48. The highest BCUT2D eigenvalue weighted by Gasteiger charge is 2.53. The van der Waals surface area contributed by atoms with Crippen molar-refractivity contribution in [3.05, 3.63) is 11.6 Å². The molecule has 0 radical (unpaired) electrons. The van der Waals surface area contributed by atoms with Gasteiger partial charge in [-0.05, 0) is 93.3 Å². The predicted molar refractivity (Wildman–Crippen MR) is 82.3 cm³/mol. The van der Waals surface area contributed by atoms with Gasteiger partial charge in [-0.1, -0.05) is 18.6 Å². The summed E-state index contributed by atoms with van der Waals surface area (Å²) in [6.45, 7) is 4.92. The molecule has 20 heavy (non-hydrogen) atoms. The van der Waals surface area contributed by atoms with Crippen LogP contribution in [0.3, 0.4) is 0 Å². The van der Waals surface area contributed by atoms with Crippen LogP contribution in [0.1, 0.15) is 65.2 Å². The van der Waals surface area contributed by atoms with Gasteiger partial charge in [0, 0.05) is 0 Å². The summed E-state index contributed by atoms with van der Waals surface area (Å²) in [6.07, 6.45) is 13.1. The number of allylic oxidation sites excluding steroid dienone is 2. The number of aliphatic hydroxyl groups is 1. The summed E-state index contributed by atoms with van der Waals surface area (Å²) in [5.74, 6) is 4.70. The Morgan fingerprint density at radius 3 is 2.70 bits per heavy atom. The zero-order chi connectivity index (χ0) is 13.9. The van der Waals surface area contributed by atoms with Crippen molar-refractivity contribution in [2.24, 2.45) is 35.0 Å². The number of hydrogen-bond acceptors (Lipinski definition) is 1. The van der Waals surface area contributed by atoms with E-state index >= 15 is 0 Å². The molecule has 4 rings (SSSR count). The van der Waals surface area contributed by atoms with E-state index in [0.29, 0.717) is 5.41 Å². The summed E-state index contributed by atoms with van der Waals surface area (Å²) in [4.78, 5) is 0. The Labute approximate surface area is 123 Å². The largest absolute Gasteiger partial charge is 0.393 e. The molecule has 0 aromatic rings. The monoisotopic (exact) mass is 274 g/mol. The topological polar surface area (TPSA) is 20.2 Å². The first-order valence-corrected chi connectivity index (χ1v) is 8.95. The maximum Gasteiger partial charge on any atom is 0.0543 e. The van der Waals surface area contributed by atoms with Crippen LogP contribution in [-0.2, 0) is 0 Å². The van der Waals surface area contributed by atoms with Crippen LogP contribution < -0.4 is 0 Å². The van der Waals surface area contributed by atoms with E-state index in [1.54, 1.807) is 5.57 Å². The average molecular weight is 274 g/mol. The number of fused-ring (bicyclic) bond motifs is 5. The number of aliphatic hydroxyl groups excluding tert-OH is 1. The van der Waals surface area contributed by atoms with Gasteiger partial charge in [0.2, 0.25) is 0 Å². The van der Waals surface area contributed by atoms with Crippen LogP contribution in [0.2, 0.25) is 0 Å². The molecule has 0 aromatic carbocycles. The van der Waals surface area contributed by atoms with Crippen LogP contribution in [0, 0.1) is 35.0 Å². The zero-order valence-electron chi connectivity index (χ0n) is 13.1. The van der Waals surface area contributed by atoms with Gasteiger partial charge in [-0.2, -0.15) is 0 Å². The fraction of sp³-hybridized carbons (Fsp3) is 0.895. The first-order valence-electron chi connectivity index (χ1n) is 8.95. The Kier molecular flexibility index (Phi) is 3.07. The van der Waals surface area contributed by atoms with Crippen molar-refractivity contribution in [1.29, 1.82) is 0 Å². The first-order chi connectivity index (χ1) is 9.59. The van der Waals surface area contributed by atoms with Crippen molar-refractivity contribution in [2.75, 3.05) is 0 Å². The molecule has 3 saturated carbocycles. The highest BCUT2D eigenvalue weighted by atomic mass is 16.3. The van der Waals surface area contributed by atoms with E-state index in [0.717, 1.165) is 42.4 Å². The third kappa shape index (κ3) is 1.78. The minimum absolute atomic E-state index is 0.0112. The van der Waals surface area contributed by atoms with E-state index < -0.39 is 0 Å². The second-order valence-electron chi connectivity index (χ2n) is 8.48. The maximum atomic E-state index is 9.96. The van der Waals surface area contributed by atoms with Gasteiger partial charge >= 0.3 is 0 Å². The molecule has 0 aromatic heterocycles. The molecule has 0 spiro atoms. The maximum absolute atomic E-state index is 9.96. The summed E-state index contributed by atoms with van der Waals surface area (Å²) >= 11 is 0. The van der Waals surface area contributed by atoms with E-state index in [-0.39, 0.29) is 6.10 Å². The summed E-state index contributed by atoms with van der Waals surface area (Å²) in [5, 5.41) is 9.96. The molecule has 4 aliphatic rings. The summed E-state index contributed by atoms with van der Waals surface area (Å²) in [5.41, 5.74) is 2.21. The lowest BCUT2D eigenvalue weighted by Crippen LogP contribution is -2.48. The van der Waals surface area contributed by atoms with Crippen molar-refractivity contribution < 1.29 is 5.11 Å². The lowest BCUT2D eigenvalue weighted by molar-refractivity contribution is -0.0628. The third-order valence-corrected chi connectivity index (χ3v) is 7.90. The number of hydrogen-bond donors (Lipinski definition) is 1. The Morgan fingerprint density at radius 2 is 1.85 bits per heavy atom. The smallest absolute Gasteiger partial charge is 0.0543 e. The molecule has 7 unspecified atom stereocenters. The minimum Gasteiger partial charge on any atom is -0.393 e. The van der Waals surface area contributed by atoms with Crippen LogP contribution in [0.15, 0.2) is 11.6 Å². The molecule has 1 N–H and O–H groups in total. The molecule has 112 valence electrons. The molecule has 0 amide bonds. The van der Waals surface area contributed by atoms with Gasteiger partial charge in [-0.25, -0.2) is 0 Å². The normalized spacial score (nSPS) is 54.6. The van der Waals surface area contributed by atoms with E-state index in [2.05, 4.69) is 19.9 Å². The van der Waals surface area contributed by atoms with Gasteiger partial charge in [0.15, 0.2) is 0 Å². The van der Waals surface area contributed by atoms with Crippen molar-refractivity contribution in [3.63, 3.8) is 0 Å². The Balaban J connectivity index is 1.57. The molecule has 3 fully saturated rings. The zero-order valence-corrected chi connectivity index (χ0v) is 13.1. The Bertz CT molecular complexity index is 425. The molecule has 7 atom stereocenters. The fourth-order valence-corrected chi connectivity index (χ4v) is 6.61. The fourth-order valence-electron chi connectivity index (χ4n) is 6.61. The quantitative estimate of drug-likeness (QED) is 0.642. The van der Waals surface area contributed by atoms with Crippen LogP contribution in [0.25, 0.3) is 0 Å². The van der Waals surface area contributed by atoms with Crippen molar-refractivity contribution >= 4 is 0 Å². The molecular weight excluding hydrogens is 244 g/mol. The van der Waals surface area contributed by atoms with Crippen LogP contribution in [0.5, 0.6) is 0 Å². The van der Waals surface area contributed by atoms with Crippen molar-refractivity contribution in [3.8, 4) is 0 Å². The molecule has 0 saturated heterocycles. The summed E-state index contributed by atoms with van der Waals surface area (Å²) < 4.78 is 0. The van der Waals surface area contributed by atoms with Gasteiger partial charge in [0.25, 0.3) is 0 Å². The Hall–Kier alpha value is -0.300. The van der Waals surface area contributed by atoms with E-state index in [1.165, 1.54) is 38.5 Å².